The van der Waals surface area contributed by atoms with Gasteiger partial charge in [-0.1, -0.05) is 6.07 Å². The van der Waals surface area contributed by atoms with E-state index in [1.165, 1.54) is 5.56 Å². The summed E-state index contributed by atoms with van der Waals surface area (Å²) in [7, 11) is 0. The summed E-state index contributed by atoms with van der Waals surface area (Å²) in [6, 6.07) is 4.08. The zero-order chi connectivity index (χ0) is 12.1. The Hall–Kier alpha value is -0.970. The fourth-order valence-electron chi connectivity index (χ4n) is 2.23. The number of aromatic nitrogens is 1. The number of aliphatic hydroxyl groups is 1. The Morgan fingerprint density at radius 1 is 1.41 bits per heavy atom. The van der Waals surface area contributed by atoms with Gasteiger partial charge in [0.1, 0.15) is 0 Å². The minimum atomic E-state index is -0.620. The summed E-state index contributed by atoms with van der Waals surface area (Å²) in [4.78, 5) is 6.50. The molecule has 1 aliphatic rings. The Balaban J connectivity index is 1.75. The molecule has 0 bridgehead atoms. The van der Waals surface area contributed by atoms with Gasteiger partial charge in [-0.2, -0.15) is 0 Å². The first-order valence-corrected chi connectivity index (χ1v) is 6.26. The number of nitrogens with two attached hydrogens (primary N) is 1. The zero-order valence-electron chi connectivity index (χ0n) is 10.2. The number of likely N-dealkylation sites (tertiary alicyclic amines) is 1. The monoisotopic (exact) mass is 235 g/mol. The van der Waals surface area contributed by atoms with Crippen LogP contribution in [0.5, 0.6) is 0 Å². The van der Waals surface area contributed by atoms with Gasteiger partial charge in [0.2, 0.25) is 0 Å². The molecule has 17 heavy (non-hydrogen) atoms. The molecule has 1 fully saturated rings. The van der Waals surface area contributed by atoms with Gasteiger partial charge in [-0.25, -0.2) is 0 Å². The molecule has 0 atom stereocenters. The fraction of sp³-hybridized carbons (Fsp3) is 0.615. The summed E-state index contributed by atoms with van der Waals surface area (Å²) in [6.45, 7) is 3.29. The molecule has 1 aromatic heterocycles. The lowest BCUT2D eigenvalue weighted by Crippen LogP contribution is -2.49. The highest BCUT2D eigenvalue weighted by Crippen LogP contribution is 2.20. The minimum absolute atomic E-state index is 0.378. The zero-order valence-corrected chi connectivity index (χ0v) is 10.2. The molecule has 1 aromatic rings. The molecule has 0 spiro atoms. The van der Waals surface area contributed by atoms with Crippen LogP contribution in [-0.2, 0) is 6.42 Å². The van der Waals surface area contributed by atoms with Gasteiger partial charge in [-0.05, 0) is 30.9 Å². The van der Waals surface area contributed by atoms with Gasteiger partial charge in [-0.3, -0.25) is 4.98 Å². The summed E-state index contributed by atoms with van der Waals surface area (Å²) in [5.41, 5.74) is 6.22. The van der Waals surface area contributed by atoms with Crippen LogP contribution in [0.15, 0.2) is 24.5 Å². The van der Waals surface area contributed by atoms with Crippen LogP contribution in [0.3, 0.4) is 0 Å². The van der Waals surface area contributed by atoms with E-state index in [0.29, 0.717) is 6.54 Å². The smallest absolute Gasteiger partial charge is 0.0793 e. The average molecular weight is 235 g/mol. The summed E-state index contributed by atoms with van der Waals surface area (Å²) in [5.74, 6) is 0. The highest BCUT2D eigenvalue weighted by molar-refractivity contribution is 5.08. The van der Waals surface area contributed by atoms with E-state index < -0.39 is 5.60 Å². The van der Waals surface area contributed by atoms with Crippen molar-refractivity contribution in [3.05, 3.63) is 30.1 Å². The van der Waals surface area contributed by atoms with E-state index in [2.05, 4.69) is 16.0 Å². The molecule has 0 radical (unpaired) electrons. The second kappa shape index (κ2) is 5.58. The molecule has 1 aliphatic heterocycles. The lowest BCUT2D eigenvalue weighted by molar-refractivity contribution is -0.0130. The minimum Gasteiger partial charge on any atom is -0.388 e. The number of piperidine rings is 1. The number of pyridine rings is 1. The Labute approximate surface area is 102 Å². The van der Waals surface area contributed by atoms with Crippen molar-refractivity contribution in [2.75, 3.05) is 26.2 Å². The quantitative estimate of drug-likeness (QED) is 0.793. The van der Waals surface area contributed by atoms with Crippen LogP contribution < -0.4 is 5.73 Å². The van der Waals surface area contributed by atoms with E-state index in [1.807, 2.05) is 12.3 Å². The van der Waals surface area contributed by atoms with Crippen LogP contribution in [0, 0.1) is 0 Å². The van der Waals surface area contributed by atoms with Crippen molar-refractivity contribution in [3.8, 4) is 0 Å². The topological polar surface area (TPSA) is 62.4 Å². The third-order valence-electron chi connectivity index (χ3n) is 3.61. The maximum Gasteiger partial charge on any atom is 0.0793 e. The van der Waals surface area contributed by atoms with Crippen molar-refractivity contribution in [1.82, 2.24) is 9.88 Å². The van der Waals surface area contributed by atoms with Crippen molar-refractivity contribution in [1.29, 1.82) is 0 Å². The molecule has 0 aliphatic carbocycles. The third kappa shape index (κ3) is 3.49. The second-order valence-corrected chi connectivity index (χ2v) is 4.88. The lowest BCUT2D eigenvalue weighted by Gasteiger charge is -2.37. The van der Waals surface area contributed by atoms with Crippen molar-refractivity contribution in [3.63, 3.8) is 0 Å². The van der Waals surface area contributed by atoms with Gasteiger partial charge >= 0.3 is 0 Å². The fourth-order valence-corrected chi connectivity index (χ4v) is 2.23. The van der Waals surface area contributed by atoms with Crippen molar-refractivity contribution < 1.29 is 5.11 Å². The first-order chi connectivity index (χ1) is 8.22. The van der Waals surface area contributed by atoms with Crippen molar-refractivity contribution in [2.45, 2.75) is 24.9 Å². The lowest BCUT2D eigenvalue weighted by atomic mass is 9.91. The number of hydrogen-bond donors (Lipinski definition) is 2. The number of nitrogens with zero attached hydrogens (tertiary/aromatic N) is 2. The summed E-state index contributed by atoms with van der Waals surface area (Å²) >= 11 is 0. The Morgan fingerprint density at radius 3 is 2.76 bits per heavy atom. The molecule has 0 saturated carbocycles. The van der Waals surface area contributed by atoms with Gasteiger partial charge in [0.05, 0.1) is 5.60 Å². The van der Waals surface area contributed by atoms with Crippen LogP contribution in [0.25, 0.3) is 0 Å². The summed E-state index contributed by atoms with van der Waals surface area (Å²) in [5, 5.41) is 10.0. The maximum atomic E-state index is 10.0. The number of rotatable bonds is 4. The van der Waals surface area contributed by atoms with Crippen LogP contribution in [0.2, 0.25) is 0 Å². The largest absolute Gasteiger partial charge is 0.388 e. The molecule has 0 amide bonds. The molecule has 2 rings (SSSR count). The molecule has 3 N–H and O–H groups in total. The summed E-state index contributed by atoms with van der Waals surface area (Å²) < 4.78 is 0. The highest BCUT2D eigenvalue weighted by atomic mass is 16.3. The van der Waals surface area contributed by atoms with Crippen molar-refractivity contribution >= 4 is 0 Å². The van der Waals surface area contributed by atoms with Crippen LogP contribution in [-0.4, -0.2) is 46.8 Å². The SMILES string of the molecule is NCC1(O)CCN(CCc2cccnc2)CC1. The molecular weight excluding hydrogens is 214 g/mol. The van der Waals surface area contributed by atoms with Crippen LogP contribution in [0.4, 0.5) is 0 Å². The van der Waals surface area contributed by atoms with E-state index in [-0.39, 0.29) is 0 Å². The molecule has 1 saturated heterocycles. The molecule has 2 heterocycles. The third-order valence-corrected chi connectivity index (χ3v) is 3.61. The molecular formula is C13H21N3O. The Kier molecular flexibility index (Phi) is 4.10. The van der Waals surface area contributed by atoms with Gasteiger partial charge in [-0.15, -0.1) is 0 Å². The van der Waals surface area contributed by atoms with E-state index in [4.69, 9.17) is 5.73 Å². The normalized spacial score (nSPS) is 20.4. The highest BCUT2D eigenvalue weighted by Gasteiger charge is 2.30. The van der Waals surface area contributed by atoms with Gasteiger partial charge in [0, 0.05) is 38.6 Å². The van der Waals surface area contributed by atoms with E-state index in [0.717, 1.165) is 38.9 Å². The Morgan fingerprint density at radius 2 is 2.18 bits per heavy atom. The average Bonchev–Trinajstić information content (AvgIpc) is 2.39. The molecule has 94 valence electrons. The Bertz CT molecular complexity index is 334. The molecule has 4 heteroatoms. The van der Waals surface area contributed by atoms with E-state index in [1.54, 1.807) is 6.20 Å². The van der Waals surface area contributed by atoms with Gasteiger partial charge in [0.25, 0.3) is 0 Å². The first-order valence-electron chi connectivity index (χ1n) is 6.26. The molecule has 0 unspecified atom stereocenters. The van der Waals surface area contributed by atoms with Gasteiger partial charge in [0.15, 0.2) is 0 Å². The molecule has 0 aromatic carbocycles. The van der Waals surface area contributed by atoms with Crippen molar-refractivity contribution in [2.24, 2.45) is 5.73 Å². The van der Waals surface area contributed by atoms with Crippen LogP contribution in [0.1, 0.15) is 18.4 Å². The predicted octanol–water partition coefficient (Wildman–Crippen LogP) is 0.410. The van der Waals surface area contributed by atoms with E-state index >= 15 is 0 Å². The van der Waals surface area contributed by atoms with Gasteiger partial charge < -0.3 is 15.7 Å². The standard InChI is InChI=1S/C13H21N3O/c14-11-13(17)4-8-16(9-5-13)7-3-12-2-1-6-15-10-12/h1-2,6,10,17H,3-5,7-9,11,14H2. The number of hydrogen-bond acceptors (Lipinski definition) is 4. The maximum absolute atomic E-state index is 10.0. The van der Waals surface area contributed by atoms with Crippen LogP contribution >= 0.6 is 0 Å². The summed E-state index contributed by atoms with van der Waals surface area (Å²) in [6.07, 6.45) is 6.31. The molecule has 4 nitrogen and oxygen atoms in total. The predicted molar refractivity (Wildman–Crippen MR) is 67.6 cm³/mol. The first kappa shape index (κ1) is 12.5. The van der Waals surface area contributed by atoms with E-state index in [9.17, 15) is 5.11 Å². The second-order valence-electron chi connectivity index (χ2n) is 4.88.